The van der Waals surface area contributed by atoms with Crippen LogP contribution in [0.1, 0.15) is 60.3 Å². The molecule has 2 aliphatic rings. The first kappa shape index (κ1) is 22.5. The Labute approximate surface area is 144 Å². The van der Waals surface area contributed by atoms with Crippen LogP contribution in [0.5, 0.6) is 0 Å². The highest BCUT2D eigenvalue weighted by atomic mass is 16.6. The van der Waals surface area contributed by atoms with Crippen LogP contribution in [0.2, 0.25) is 0 Å². The van der Waals surface area contributed by atoms with E-state index >= 15 is 0 Å². The smallest absolute Gasteiger partial charge is 0.309 e. The highest BCUT2D eigenvalue weighted by Gasteiger charge is 2.52. The first-order valence-electron chi connectivity index (χ1n) is 8.61. The number of aliphatic hydroxyl groups is 1. The van der Waals surface area contributed by atoms with Gasteiger partial charge in [-0.15, -0.1) is 0 Å². The maximum absolute atomic E-state index is 12.5. The van der Waals surface area contributed by atoms with E-state index in [1.165, 1.54) is 0 Å². The number of hydrogen-bond acceptors (Lipinski definition) is 5. The molecule has 24 heavy (non-hydrogen) atoms. The number of rotatable bonds is 1. The van der Waals surface area contributed by atoms with E-state index in [1.54, 1.807) is 18.7 Å². The van der Waals surface area contributed by atoms with Crippen LogP contribution in [0, 0.1) is 5.92 Å². The molecule has 2 aliphatic heterocycles. The van der Waals surface area contributed by atoms with Crippen molar-refractivity contribution in [2.45, 2.75) is 78.2 Å². The van der Waals surface area contributed by atoms with E-state index < -0.39 is 17.5 Å². The van der Waals surface area contributed by atoms with Crippen molar-refractivity contribution in [3.63, 3.8) is 0 Å². The van der Waals surface area contributed by atoms with Crippen LogP contribution in [-0.4, -0.2) is 57.8 Å². The summed E-state index contributed by atoms with van der Waals surface area (Å²) < 4.78 is 5.42. The van der Waals surface area contributed by atoms with Gasteiger partial charge in [-0.25, -0.2) is 0 Å². The lowest BCUT2D eigenvalue weighted by Crippen LogP contribution is -2.58. The van der Waals surface area contributed by atoms with Crippen LogP contribution < -0.4 is 0 Å². The normalized spacial score (nSPS) is 32.7. The summed E-state index contributed by atoms with van der Waals surface area (Å²) in [6.07, 6.45) is 2.84. The van der Waals surface area contributed by atoms with Crippen molar-refractivity contribution in [3.05, 3.63) is 0 Å². The molecule has 0 spiro atoms. The zero-order valence-electron chi connectivity index (χ0n) is 15.3. The Balaban J connectivity index is 0.000000952. The fourth-order valence-corrected chi connectivity index (χ4v) is 2.94. The highest BCUT2D eigenvalue weighted by molar-refractivity contribution is 6.08. The molecule has 1 amide bonds. The molecule has 2 rings (SSSR count). The van der Waals surface area contributed by atoms with E-state index in [9.17, 15) is 14.7 Å². The molecule has 0 aliphatic carbocycles. The summed E-state index contributed by atoms with van der Waals surface area (Å²) in [7, 11) is 0. The SMILES string of the molecule is CC.CC1CCC(C)C(=O)C(O)(C(=O)N2CCCC2C)O1.O=CO. The van der Waals surface area contributed by atoms with Crippen molar-refractivity contribution in [2.75, 3.05) is 6.54 Å². The molecule has 2 N–H and O–H groups in total. The Morgan fingerprint density at radius 3 is 2.25 bits per heavy atom. The summed E-state index contributed by atoms with van der Waals surface area (Å²) in [6.45, 7) is 9.80. The Morgan fingerprint density at radius 1 is 1.25 bits per heavy atom. The lowest BCUT2D eigenvalue weighted by molar-refractivity contribution is -0.224. The zero-order valence-corrected chi connectivity index (χ0v) is 15.3. The summed E-state index contributed by atoms with van der Waals surface area (Å²) in [5, 5.41) is 17.4. The van der Waals surface area contributed by atoms with Crippen molar-refractivity contribution in [1.29, 1.82) is 0 Å². The summed E-state index contributed by atoms with van der Waals surface area (Å²) in [5.41, 5.74) is 0. The third-order valence-corrected chi connectivity index (χ3v) is 4.26. The number of carbonyl (C=O) groups excluding carboxylic acids is 2. The van der Waals surface area contributed by atoms with Crippen molar-refractivity contribution in [3.8, 4) is 0 Å². The van der Waals surface area contributed by atoms with Gasteiger partial charge >= 0.3 is 5.79 Å². The fourth-order valence-electron chi connectivity index (χ4n) is 2.94. The molecule has 0 saturated carbocycles. The van der Waals surface area contributed by atoms with Crippen LogP contribution in [0.3, 0.4) is 0 Å². The largest absolute Gasteiger partial charge is 0.483 e. The second-order valence-electron chi connectivity index (χ2n) is 6.01. The van der Waals surface area contributed by atoms with Crippen molar-refractivity contribution >= 4 is 18.2 Å². The zero-order chi connectivity index (χ0) is 18.9. The van der Waals surface area contributed by atoms with Crippen LogP contribution >= 0.6 is 0 Å². The molecule has 4 atom stereocenters. The minimum atomic E-state index is -2.28. The summed E-state index contributed by atoms with van der Waals surface area (Å²) in [6, 6.07) is 0.0572. The highest BCUT2D eigenvalue weighted by Crippen LogP contribution is 2.30. The monoisotopic (exact) mass is 345 g/mol. The van der Waals surface area contributed by atoms with Gasteiger partial charge in [0.25, 0.3) is 12.4 Å². The van der Waals surface area contributed by atoms with Gasteiger partial charge in [-0.2, -0.15) is 0 Å². The number of ketones is 1. The number of hydrogen-bond donors (Lipinski definition) is 2. The molecule has 7 nitrogen and oxygen atoms in total. The lowest BCUT2D eigenvalue weighted by Gasteiger charge is -2.33. The number of carbonyl (C=O) groups is 3. The molecule has 0 aromatic carbocycles. The first-order valence-corrected chi connectivity index (χ1v) is 8.61. The average Bonchev–Trinajstić information content (AvgIpc) is 2.95. The van der Waals surface area contributed by atoms with E-state index in [1.807, 2.05) is 20.8 Å². The number of ether oxygens (including phenoxy) is 1. The Kier molecular flexibility index (Phi) is 9.77. The standard InChI is InChI=1S/C14H23NO4.C2H6.CH2O2/c1-9-6-7-11(3)19-14(18,12(9)16)13(17)15-8-4-5-10(15)2;1-2;2-1-3/h9-11,18H,4-8H2,1-3H3;1-2H3;1H,(H,2,3). The van der Waals surface area contributed by atoms with Crippen LogP contribution in [0.25, 0.3) is 0 Å². The molecule has 0 bridgehead atoms. The minimum Gasteiger partial charge on any atom is -0.483 e. The minimum absolute atomic E-state index is 0.0572. The van der Waals surface area contributed by atoms with Gasteiger partial charge in [0, 0.05) is 18.5 Å². The molecular formula is C17H31NO6. The second-order valence-corrected chi connectivity index (χ2v) is 6.01. The third kappa shape index (κ3) is 5.27. The van der Waals surface area contributed by atoms with Gasteiger partial charge in [0.15, 0.2) is 0 Å². The van der Waals surface area contributed by atoms with Gasteiger partial charge in [0.1, 0.15) is 0 Å². The van der Waals surface area contributed by atoms with Gasteiger partial charge in [-0.1, -0.05) is 20.8 Å². The quantitative estimate of drug-likeness (QED) is 0.555. The van der Waals surface area contributed by atoms with Gasteiger partial charge in [0.2, 0.25) is 5.78 Å². The average molecular weight is 345 g/mol. The molecular weight excluding hydrogens is 314 g/mol. The molecule has 4 unspecified atom stereocenters. The third-order valence-electron chi connectivity index (χ3n) is 4.26. The predicted octanol–water partition coefficient (Wildman–Crippen LogP) is 1.82. The molecule has 7 heteroatoms. The number of carboxylic acid groups (broad SMARTS) is 1. The molecule has 0 aromatic rings. The molecule has 2 heterocycles. The summed E-state index contributed by atoms with van der Waals surface area (Å²) in [4.78, 5) is 34.7. The van der Waals surface area contributed by atoms with E-state index in [2.05, 4.69) is 0 Å². The first-order chi connectivity index (χ1) is 11.3. The molecule has 2 fully saturated rings. The van der Waals surface area contributed by atoms with E-state index in [4.69, 9.17) is 14.6 Å². The Morgan fingerprint density at radius 2 is 1.79 bits per heavy atom. The number of likely N-dealkylation sites (tertiary alicyclic amines) is 1. The fraction of sp³-hybridized carbons (Fsp3) is 0.824. The summed E-state index contributed by atoms with van der Waals surface area (Å²) in [5.74, 6) is -3.71. The topological polar surface area (TPSA) is 104 Å². The summed E-state index contributed by atoms with van der Waals surface area (Å²) >= 11 is 0. The lowest BCUT2D eigenvalue weighted by atomic mass is 9.94. The van der Waals surface area contributed by atoms with E-state index in [0.29, 0.717) is 19.4 Å². The van der Waals surface area contributed by atoms with E-state index in [0.717, 1.165) is 12.8 Å². The molecule has 140 valence electrons. The molecule has 2 saturated heterocycles. The Hall–Kier alpha value is -1.47. The van der Waals surface area contributed by atoms with Gasteiger partial charge in [0.05, 0.1) is 6.10 Å². The van der Waals surface area contributed by atoms with Gasteiger partial charge < -0.3 is 19.8 Å². The predicted molar refractivity (Wildman–Crippen MR) is 89.4 cm³/mol. The van der Waals surface area contributed by atoms with Crippen molar-refractivity contribution in [2.24, 2.45) is 5.92 Å². The number of amides is 1. The van der Waals surface area contributed by atoms with Crippen molar-refractivity contribution in [1.82, 2.24) is 4.90 Å². The maximum Gasteiger partial charge on any atom is 0.309 e. The molecule has 0 radical (unpaired) electrons. The van der Waals surface area contributed by atoms with Crippen molar-refractivity contribution < 1.29 is 29.3 Å². The molecule has 0 aromatic heterocycles. The van der Waals surface area contributed by atoms with Crippen LogP contribution in [0.4, 0.5) is 0 Å². The Bertz CT molecular complexity index is 427. The number of Topliss-reactive ketones (excluding diaryl/α,β-unsaturated/α-hetero) is 1. The van der Waals surface area contributed by atoms with Gasteiger partial charge in [-0.3, -0.25) is 14.4 Å². The number of nitrogens with zero attached hydrogens (tertiary/aromatic N) is 1. The van der Waals surface area contributed by atoms with E-state index in [-0.39, 0.29) is 24.5 Å². The van der Waals surface area contributed by atoms with Crippen LogP contribution in [0.15, 0.2) is 0 Å². The van der Waals surface area contributed by atoms with Gasteiger partial charge in [-0.05, 0) is 39.5 Å². The maximum atomic E-state index is 12.5. The second kappa shape index (κ2) is 10.4. The van der Waals surface area contributed by atoms with Crippen LogP contribution in [-0.2, 0) is 19.1 Å².